The molecule has 4 heteroatoms. The lowest BCUT2D eigenvalue weighted by atomic mass is 9.92. The van der Waals surface area contributed by atoms with E-state index in [0.29, 0.717) is 54.8 Å². The third-order valence-corrected chi connectivity index (χ3v) is 8.65. The molecular weight excluding hydrogens is 599 g/mol. The smallest absolute Gasteiger partial charge is 0.164 e. The Balaban J connectivity index is 1.20. The van der Waals surface area contributed by atoms with Crippen LogP contribution in [0.25, 0.3) is 99.5 Å². The van der Waals surface area contributed by atoms with Crippen LogP contribution in [0.3, 0.4) is 0 Å². The predicted molar refractivity (Wildman–Crippen MR) is 201 cm³/mol. The second-order valence-electron chi connectivity index (χ2n) is 11.5. The van der Waals surface area contributed by atoms with Gasteiger partial charge in [0, 0.05) is 33.0 Å². The van der Waals surface area contributed by atoms with Crippen molar-refractivity contribution in [2.75, 3.05) is 0 Å². The maximum atomic E-state index is 9.68. The van der Waals surface area contributed by atoms with Gasteiger partial charge in [0.15, 0.2) is 17.5 Å². The van der Waals surface area contributed by atoms with E-state index >= 15 is 0 Å². The zero-order valence-corrected chi connectivity index (χ0v) is 25.4. The molecule has 0 bridgehead atoms. The number of para-hydroxylation sites is 1. The predicted octanol–water partition coefficient (Wildman–Crippen LogP) is 11.9. The number of aromatic nitrogens is 3. The normalized spacial score (nSPS) is 15.1. The van der Waals surface area contributed by atoms with Gasteiger partial charge in [-0.2, -0.15) is 0 Å². The molecule has 0 aliphatic heterocycles. The van der Waals surface area contributed by atoms with Crippen LogP contribution >= 0.6 is 0 Å². The van der Waals surface area contributed by atoms with E-state index in [1.54, 1.807) is 42.5 Å². The van der Waals surface area contributed by atoms with E-state index in [2.05, 4.69) is 9.97 Å². The van der Waals surface area contributed by atoms with Crippen molar-refractivity contribution in [2.45, 2.75) is 0 Å². The fourth-order valence-corrected chi connectivity index (χ4v) is 6.39. The molecule has 228 valence electrons. The Morgan fingerprint density at radius 2 is 1.14 bits per heavy atom. The van der Waals surface area contributed by atoms with Crippen LogP contribution in [0.1, 0.15) is 16.4 Å². The van der Waals surface area contributed by atoms with Gasteiger partial charge in [-0.25, -0.2) is 15.0 Å². The van der Waals surface area contributed by atoms with Crippen LogP contribution < -0.4 is 0 Å². The molecule has 0 aliphatic carbocycles. The third kappa shape index (κ3) is 4.49. The first-order valence-corrected chi connectivity index (χ1v) is 15.5. The zero-order chi connectivity index (χ0) is 42.8. The third-order valence-electron chi connectivity index (χ3n) is 8.65. The first-order chi connectivity index (χ1) is 29.2. The van der Waals surface area contributed by atoms with Gasteiger partial charge < -0.3 is 4.42 Å². The Labute approximate surface area is 298 Å². The molecule has 0 N–H and O–H groups in total. The summed E-state index contributed by atoms with van der Waals surface area (Å²) in [5.41, 5.74) is 2.42. The van der Waals surface area contributed by atoms with E-state index in [-0.39, 0.29) is 87.1 Å². The molecule has 0 spiro atoms. The van der Waals surface area contributed by atoms with Gasteiger partial charge in [-0.15, -0.1) is 0 Å². The molecule has 0 saturated carbocycles. The summed E-state index contributed by atoms with van der Waals surface area (Å²) in [6, 6.07) is 22.2. The molecule has 10 rings (SSSR count). The van der Waals surface area contributed by atoms with Crippen LogP contribution in [-0.4, -0.2) is 15.0 Å². The van der Waals surface area contributed by atoms with Crippen molar-refractivity contribution in [2.24, 2.45) is 0 Å². The van der Waals surface area contributed by atoms with Gasteiger partial charge in [-0.3, -0.25) is 0 Å². The van der Waals surface area contributed by atoms with Crippen molar-refractivity contribution in [3.05, 3.63) is 164 Å². The SMILES string of the molecule is [2H]c1cc2c(cc1[2H])c1c([2H])c([2H])cc([2H])c1c1c([2H])c(-c3cccc4c3oc3ccc(-c5nc(-c6ccccc6)nc(-c6c([2H])c([2H])c([2H])c([2H])c6[2H])n5)cc34)c([2H])cc21. The van der Waals surface area contributed by atoms with Crippen LogP contribution in [0.15, 0.2) is 168 Å². The summed E-state index contributed by atoms with van der Waals surface area (Å²) < 4.78 is 110. The number of rotatable bonds is 4. The number of hydrogen-bond acceptors (Lipinski definition) is 4. The summed E-state index contributed by atoms with van der Waals surface area (Å²) >= 11 is 0. The Hall–Kier alpha value is -6.65. The lowest BCUT2D eigenvalue weighted by Crippen LogP contribution is -2.00. The van der Waals surface area contributed by atoms with Gasteiger partial charge in [0.1, 0.15) is 11.2 Å². The Kier molecular flexibility index (Phi) is 4.04. The number of furan rings is 1. The topological polar surface area (TPSA) is 51.8 Å². The molecule has 0 radical (unpaired) electrons. The monoisotopic (exact) mass is 637 g/mol. The van der Waals surface area contributed by atoms with Crippen molar-refractivity contribution in [3.63, 3.8) is 0 Å². The number of nitrogens with zero attached hydrogens (tertiary/aromatic N) is 3. The van der Waals surface area contributed by atoms with Crippen LogP contribution in [-0.2, 0) is 0 Å². The van der Waals surface area contributed by atoms with Crippen molar-refractivity contribution < 1.29 is 20.9 Å². The molecule has 2 aromatic heterocycles. The van der Waals surface area contributed by atoms with Crippen LogP contribution in [0.5, 0.6) is 0 Å². The van der Waals surface area contributed by atoms with Gasteiger partial charge in [0.05, 0.1) is 16.4 Å². The zero-order valence-electron chi connectivity index (χ0n) is 37.4. The van der Waals surface area contributed by atoms with Gasteiger partial charge in [-0.1, -0.05) is 139 Å². The number of hydrogen-bond donors (Lipinski definition) is 0. The fourth-order valence-electron chi connectivity index (χ4n) is 6.39. The summed E-state index contributed by atoms with van der Waals surface area (Å²) in [6.45, 7) is 0. The number of benzene rings is 8. The Morgan fingerprint density at radius 1 is 0.408 bits per heavy atom. The molecule has 0 aliphatic rings. The average Bonchev–Trinajstić information content (AvgIpc) is 3.63. The second kappa shape index (κ2) is 11.0. The highest BCUT2D eigenvalue weighted by Crippen LogP contribution is 2.41. The van der Waals surface area contributed by atoms with Crippen molar-refractivity contribution in [3.8, 4) is 45.3 Å². The highest BCUT2D eigenvalue weighted by Gasteiger charge is 2.17. The summed E-state index contributed by atoms with van der Waals surface area (Å²) in [6.07, 6.45) is 0. The lowest BCUT2D eigenvalue weighted by molar-refractivity contribution is 0.670. The first kappa shape index (κ1) is 18.0. The van der Waals surface area contributed by atoms with E-state index in [1.807, 2.05) is 30.3 Å². The largest absolute Gasteiger partial charge is 0.455 e. The molecule has 2 heterocycles. The quantitative estimate of drug-likeness (QED) is 0.180. The lowest BCUT2D eigenvalue weighted by Gasteiger charge is -2.12. The van der Waals surface area contributed by atoms with Crippen molar-refractivity contribution >= 4 is 54.3 Å². The molecule has 0 amide bonds. The minimum atomic E-state index is -0.537. The van der Waals surface area contributed by atoms with Crippen LogP contribution in [0.2, 0.25) is 0 Å². The highest BCUT2D eigenvalue weighted by atomic mass is 16.3. The average molecular weight is 638 g/mol. The van der Waals surface area contributed by atoms with E-state index in [9.17, 15) is 2.74 Å². The summed E-state index contributed by atoms with van der Waals surface area (Å²) in [4.78, 5) is 14.0. The maximum Gasteiger partial charge on any atom is 0.164 e. The van der Waals surface area contributed by atoms with E-state index in [1.165, 1.54) is 18.2 Å². The molecule has 10 aromatic rings. The van der Waals surface area contributed by atoms with E-state index < -0.39 is 30.2 Å². The Bertz CT molecular complexity index is 3550. The van der Waals surface area contributed by atoms with E-state index in [0.717, 1.165) is 0 Å². The minimum Gasteiger partial charge on any atom is -0.455 e. The molecule has 8 aromatic carbocycles. The molecular formula is C45H27N3O. The van der Waals surface area contributed by atoms with Gasteiger partial charge >= 0.3 is 0 Å². The van der Waals surface area contributed by atoms with Gasteiger partial charge in [0.25, 0.3) is 0 Å². The van der Waals surface area contributed by atoms with Gasteiger partial charge in [-0.05, 0) is 62.1 Å². The van der Waals surface area contributed by atoms with Crippen LogP contribution in [0, 0.1) is 0 Å². The van der Waals surface area contributed by atoms with Crippen molar-refractivity contribution in [1.82, 2.24) is 15.0 Å². The summed E-state index contributed by atoms with van der Waals surface area (Å²) in [5, 5.41) is 3.26. The molecule has 0 atom stereocenters. The highest BCUT2D eigenvalue weighted by molar-refractivity contribution is 6.26. The van der Waals surface area contributed by atoms with Crippen molar-refractivity contribution in [1.29, 1.82) is 0 Å². The van der Waals surface area contributed by atoms with Crippen LogP contribution in [0.4, 0.5) is 0 Å². The van der Waals surface area contributed by atoms with Gasteiger partial charge in [0.2, 0.25) is 0 Å². The summed E-state index contributed by atoms with van der Waals surface area (Å²) in [5.74, 6) is 0.290. The molecule has 0 saturated heterocycles. The number of fused-ring (bicyclic) bond motifs is 9. The Morgan fingerprint density at radius 3 is 1.98 bits per heavy atom. The first-order valence-electron chi connectivity index (χ1n) is 21.5. The van der Waals surface area contributed by atoms with E-state index in [4.69, 9.17) is 23.1 Å². The maximum absolute atomic E-state index is 9.68. The molecule has 0 fully saturated rings. The minimum absolute atomic E-state index is 0.0261. The fraction of sp³-hybridized carbons (Fsp3) is 0. The standard InChI is InChI=1S/C45H27N3O/c1-3-12-28(13-4-1)43-46-44(29-14-5-2-6-15-29)48-45(47-43)31-23-25-41-40(27-31)38-21-11-20-32(42(38)49-41)30-22-24-37-35-18-8-7-16-33(35)34-17-9-10-19-36(34)39(37)26-30/h1-27H/i1D,3D,4D,7D,8D,9D,12D,13D,17D,19D,22D,26D. The second-order valence-corrected chi connectivity index (χ2v) is 11.5. The summed E-state index contributed by atoms with van der Waals surface area (Å²) in [7, 11) is 0. The molecule has 4 nitrogen and oxygen atoms in total. The molecule has 49 heavy (non-hydrogen) atoms. The molecule has 0 unspecified atom stereocenters.